The molecular weight excluding hydrogens is 312 g/mol. The summed E-state index contributed by atoms with van der Waals surface area (Å²) in [5.41, 5.74) is -1.10. The zero-order valence-corrected chi connectivity index (χ0v) is 14.6. The highest BCUT2D eigenvalue weighted by atomic mass is 32.1. The van der Waals surface area contributed by atoms with Gasteiger partial charge in [-0.2, -0.15) is 0 Å². The first-order chi connectivity index (χ1) is 10.9. The van der Waals surface area contributed by atoms with Crippen molar-refractivity contribution in [2.24, 2.45) is 5.92 Å². The van der Waals surface area contributed by atoms with Crippen molar-refractivity contribution >= 4 is 23.2 Å². The summed E-state index contributed by atoms with van der Waals surface area (Å²) < 4.78 is 0. The van der Waals surface area contributed by atoms with Gasteiger partial charge in [-0.25, -0.2) is 0 Å². The van der Waals surface area contributed by atoms with Crippen LogP contribution in [0.1, 0.15) is 50.8 Å². The minimum Gasteiger partial charge on any atom is -0.383 e. The van der Waals surface area contributed by atoms with Crippen LogP contribution in [-0.2, 0) is 15.2 Å². The number of nitrogens with one attached hydrogen (secondary N) is 2. The third kappa shape index (κ3) is 5.04. The van der Waals surface area contributed by atoms with Gasteiger partial charge in [0.25, 0.3) is 0 Å². The van der Waals surface area contributed by atoms with Gasteiger partial charge in [0.05, 0.1) is 6.54 Å². The number of carbonyl (C=O) groups is 2. The minimum atomic E-state index is -1.10. The van der Waals surface area contributed by atoms with E-state index in [9.17, 15) is 14.7 Å². The van der Waals surface area contributed by atoms with Crippen LogP contribution < -0.4 is 10.6 Å². The molecule has 5 nitrogen and oxygen atoms in total. The Morgan fingerprint density at radius 2 is 2.09 bits per heavy atom. The van der Waals surface area contributed by atoms with Crippen LogP contribution >= 0.6 is 11.3 Å². The summed E-state index contributed by atoms with van der Waals surface area (Å²) in [7, 11) is 0. The quantitative estimate of drug-likeness (QED) is 0.744. The highest BCUT2D eigenvalue weighted by molar-refractivity contribution is 7.10. The van der Waals surface area contributed by atoms with Crippen molar-refractivity contribution in [2.75, 3.05) is 6.54 Å². The maximum Gasteiger partial charge on any atom is 0.242 e. The van der Waals surface area contributed by atoms with Crippen molar-refractivity contribution in [3.63, 3.8) is 0 Å². The van der Waals surface area contributed by atoms with Gasteiger partial charge in [0.1, 0.15) is 11.6 Å². The molecule has 0 saturated heterocycles. The molecule has 1 aromatic rings. The molecule has 2 atom stereocenters. The number of aliphatic hydroxyl groups is 1. The molecule has 1 aliphatic rings. The van der Waals surface area contributed by atoms with Gasteiger partial charge in [-0.3, -0.25) is 9.59 Å². The van der Waals surface area contributed by atoms with Crippen molar-refractivity contribution in [3.05, 3.63) is 22.4 Å². The second-order valence-electron chi connectivity index (χ2n) is 6.53. The fourth-order valence-electron chi connectivity index (χ4n) is 2.85. The van der Waals surface area contributed by atoms with Gasteiger partial charge in [-0.15, -0.1) is 11.3 Å². The van der Waals surface area contributed by atoms with Crippen LogP contribution in [0.5, 0.6) is 0 Å². The first-order valence-corrected chi connectivity index (χ1v) is 9.12. The van der Waals surface area contributed by atoms with Crippen LogP contribution in [0.2, 0.25) is 0 Å². The Hall–Kier alpha value is -1.40. The number of rotatable bonds is 6. The van der Waals surface area contributed by atoms with Crippen LogP contribution in [0.15, 0.2) is 17.5 Å². The standard InChI is InChI=1S/C17H26N2O3S/c1-12(19-16(21)13-7-4-3-5-8-13)15(20)18-11-17(2,22)14-9-6-10-23-14/h6,9-10,12-13,22H,3-5,7-8,11H2,1-2H3,(H,18,20)(H,19,21)/t12-,17+/m1/s1. The van der Waals surface area contributed by atoms with Crippen molar-refractivity contribution in [2.45, 2.75) is 57.6 Å². The zero-order valence-electron chi connectivity index (χ0n) is 13.8. The summed E-state index contributed by atoms with van der Waals surface area (Å²) in [6.07, 6.45) is 5.18. The second-order valence-corrected chi connectivity index (χ2v) is 7.48. The van der Waals surface area contributed by atoms with Crippen LogP contribution in [0, 0.1) is 5.92 Å². The Morgan fingerprint density at radius 1 is 1.39 bits per heavy atom. The van der Waals surface area contributed by atoms with Crippen LogP contribution in [0.4, 0.5) is 0 Å². The van der Waals surface area contributed by atoms with E-state index >= 15 is 0 Å². The molecule has 6 heteroatoms. The van der Waals surface area contributed by atoms with E-state index in [1.54, 1.807) is 13.8 Å². The van der Waals surface area contributed by atoms with Gasteiger partial charge >= 0.3 is 0 Å². The lowest BCUT2D eigenvalue weighted by atomic mass is 9.88. The number of hydrogen-bond acceptors (Lipinski definition) is 4. The first-order valence-electron chi connectivity index (χ1n) is 8.24. The van der Waals surface area contributed by atoms with E-state index in [0.717, 1.165) is 30.6 Å². The molecule has 1 saturated carbocycles. The summed E-state index contributed by atoms with van der Waals surface area (Å²) in [6, 6.07) is 3.11. The van der Waals surface area contributed by atoms with E-state index in [4.69, 9.17) is 0 Å². The fourth-order valence-corrected chi connectivity index (χ4v) is 3.63. The maximum absolute atomic E-state index is 12.2. The minimum absolute atomic E-state index is 0.0302. The van der Waals surface area contributed by atoms with Gasteiger partial charge in [-0.05, 0) is 38.1 Å². The summed E-state index contributed by atoms with van der Waals surface area (Å²) in [5.74, 6) is -0.267. The van der Waals surface area contributed by atoms with Gasteiger partial charge in [0.15, 0.2) is 0 Å². The fraction of sp³-hybridized carbons (Fsp3) is 0.647. The normalized spacial score (nSPS) is 19.6. The Morgan fingerprint density at radius 3 is 2.70 bits per heavy atom. The summed E-state index contributed by atoms with van der Waals surface area (Å²) in [4.78, 5) is 25.1. The average Bonchev–Trinajstić information content (AvgIpc) is 3.08. The molecule has 1 aliphatic carbocycles. The number of amides is 2. The van der Waals surface area contributed by atoms with Crippen LogP contribution in [0.3, 0.4) is 0 Å². The molecule has 128 valence electrons. The summed E-state index contributed by atoms with van der Waals surface area (Å²) in [5, 5.41) is 17.8. The number of hydrogen-bond donors (Lipinski definition) is 3. The second kappa shape index (κ2) is 7.93. The molecule has 0 aliphatic heterocycles. The number of carbonyl (C=O) groups excluding carboxylic acids is 2. The van der Waals surface area contributed by atoms with E-state index in [2.05, 4.69) is 10.6 Å². The van der Waals surface area contributed by atoms with Crippen LogP contribution in [0.25, 0.3) is 0 Å². The summed E-state index contributed by atoms with van der Waals surface area (Å²) >= 11 is 1.45. The highest BCUT2D eigenvalue weighted by Crippen LogP contribution is 2.25. The maximum atomic E-state index is 12.2. The lowest BCUT2D eigenvalue weighted by Gasteiger charge is -2.25. The Labute approximate surface area is 141 Å². The van der Waals surface area contributed by atoms with Crippen molar-refractivity contribution in [3.8, 4) is 0 Å². The van der Waals surface area contributed by atoms with Gasteiger partial charge in [-0.1, -0.05) is 25.3 Å². The predicted molar refractivity (Wildman–Crippen MR) is 91.1 cm³/mol. The van der Waals surface area contributed by atoms with E-state index in [-0.39, 0.29) is 24.3 Å². The molecule has 0 unspecified atom stereocenters. The predicted octanol–water partition coefficient (Wildman–Crippen LogP) is 2.16. The smallest absolute Gasteiger partial charge is 0.242 e. The number of thiophene rings is 1. The van der Waals surface area contributed by atoms with E-state index in [1.807, 2.05) is 17.5 Å². The SMILES string of the molecule is C[C@@H](NC(=O)C1CCCCC1)C(=O)NC[C@](C)(O)c1cccs1. The van der Waals surface area contributed by atoms with Gasteiger partial charge in [0.2, 0.25) is 11.8 Å². The Kier molecular flexibility index (Phi) is 6.18. The largest absolute Gasteiger partial charge is 0.383 e. The topological polar surface area (TPSA) is 78.4 Å². The monoisotopic (exact) mass is 338 g/mol. The molecule has 1 fully saturated rings. The molecule has 1 aromatic heterocycles. The summed E-state index contributed by atoms with van der Waals surface area (Å²) in [6.45, 7) is 3.47. The molecule has 0 radical (unpaired) electrons. The molecule has 23 heavy (non-hydrogen) atoms. The molecule has 0 bridgehead atoms. The highest BCUT2D eigenvalue weighted by Gasteiger charge is 2.27. The zero-order chi connectivity index (χ0) is 16.9. The Balaban J connectivity index is 1.79. The van der Waals surface area contributed by atoms with E-state index in [1.165, 1.54) is 17.8 Å². The van der Waals surface area contributed by atoms with Gasteiger partial charge in [0, 0.05) is 10.8 Å². The van der Waals surface area contributed by atoms with Crippen molar-refractivity contribution in [1.82, 2.24) is 10.6 Å². The molecule has 1 heterocycles. The van der Waals surface area contributed by atoms with Gasteiger partial charge < -0.3 is 15.7 Å². The molecule has 0 aromatic carbocycles. The average molecular weight is 338 g/mol. The molecule has 2 amide bonds. The molecular formula is C17H26N2O3S. The molecule has 3 N–H and O–H groups in total. The molecule has 2 rings (SSSR count). The molecule has 0 spiro atoms. The Bertz CT molecular complexity index is 522. The first kappa shape index (κ1) is 17.9. The van der Waals surface area contributed by atoms with Crippen molar-refractivity contribution < 1.29 is 14.7 Å². The third-order valence-corrected chi connectivity index (χ3v) is 5.51. The third-order valence-electron chi connectivity index (χ3n) is 4.39. The van der Waals surface area contributed by atoms with Crippen LogP contribution in [-0.4, -0.2) is 29.5 Å². The lowest BCUT2D eigenvalue weighted by Crippen LogP contribution is -2.49. The van der Waals surface area contributed by atoms with E-state index < -0.39 is 11.6 Å². The lowest BCUT2D eigenvalue weighted by molar-refractivity contribution is -0.131. The van der Waals surface area contributed by atoms with Crippen molar-refractivity contribution in [1.29, 1.82) is 0 Å². The van der Waals surface area contributed by atoms with E-state index in [0.29, 0.717) is 0 Å².